The van der Waals surface area contributed by atoms with Crippen molar-refractivity contribution >= 4 is 5.97 Å². The molecule has 0 bridgehead atoms. The van der Waals surface area contributed by atoms with Crippen molar-refractivity contribution in [1.82, 2.24) is 15.1 Å². The van der Waals surface area contributed by atoms with Crippen LogP contribution in [0, 0.1) is 5.92 Å². The molecule has 1 rings (SSSR count). The van der Waals surface area contributed by atoms with Crippen LogP contribution in [0.2, 0.25) is 0 Å². The monoisotopic (exact) mass is 271 g/mol. The second-order valence-corrected chi connectivity index (χ2v) is 5.76. The number of nitrogens with zero attached hydrogens (tertiary/aromatic N) is 2. The maximum atomic E-state index is 12.3. The molecule has 5 nitrogen and oxygen atoms in total. The van der Waals surface area contributed by atoms with Gasteiger partial charge in [0, 0.05) is 19.6 Å². The zero-order chi connectivity index (χ0) is 14.5. The van der Waals surface area contributed by atoms with Crippen molar-refractivity contribution in [3.05, 3.63) is 0 Å². The third-order valence-electron chi connectivity index (χ3n) is 3.81. The van der Waals surface area contributed by atoms with Crippen LogP contribution in [0.3, 0.4) is 0 Å². The Morgan fingerprint density at radius 1 is 1.32 bits per heavy atom. The molecule has 0 heterocycles. The molecule has 0 amide bonds. The number of esters is 1. The summed E-state index contributed by atoms with van der Waals surface area (Å²) in [5.74, 6) is 0.315. The molecule has 0 aromatic heterocycles. The van der Waals surface area contributed by atoms with Crippen LogP contribution in [-0.4, -0.2) is 75.7 Å². The Hall–Kier alpha value is -0.650. The molecule has 1 atom stereocenters. The van der Waals surface area contributed by atoms with Crippen LogP contribution >= 0.6 is 0 Å². The van der Waals surface area contributed by atoms with Gasteiger partial charge in [-0.15, -0.1) is 0 Å². The van der Waals surface area contributed by atoms with Crippen LogP contribution in [-0.2, 0) is 9.53 Å². The van der Waals surface area contributed by atoms with Crippen molar-refractivity contribution in [3.8, 4) is 0 Å². The van der Waals surface area contributed by atoms with Gasteiger partial charge in [-0.05, 0) is 53.9 Å². The summed E-state index contributed by atoms with van der Waals surface area (Å²) in [6, 6.07) is 0. The van der Waals surface area contributed by atoms with Gasteiger partial charge in [0.1, 0.15) is 5.54 Å². The first-order chi connectivity index (χ1) is 8.96. The van der Waals surface area contributed by atoms with E-state index in [-0.39, 0.29) is 5.97 Å². The summed E-state index contributed by atoms with van der Waals surface area (Å²) in [6.07, 6.45) is 2.22. The summed E-state index contributed by atoms with van der Waals surface area (Å²) in [4.78, 5) is 16.7. The van der Waals surface area contributed by atoms with Crippen molar-refractivity contribution in [1.29, 1.82) is 0 Å². The maximum absolute atomic E-state index is 12.3. The molecule has 1 aliphatic carbocycles. The number of carbonyl (C=O) groups excluding carboxylic acids is 1. The smallest absolute Gasteiger partial charge is 0.327 e. The van der Waals surface area contributed by atoms with E-state index >= 15 is 0 Å². The number of hydrogen-bond acceptors (Lipinski definition) is 5. The first-order valence-electron chi connectivity index (χ1n) is 7.15. The summed E-state index contributed by atoms with van der Waals surface area (Å²) in [5, 5.41) is 3.25. The van der Waals surface area contributed by atoms with Crippen molar-refractivity contribution in [2.24, 2.45) is 5.92 Å². The molecular formula is C14H29N3O2. The minimum atomic E-state index is -0.531. The highest BCUT2D eigenvalue weighted by Crippen LogP contribution is 2.40. The van der Waals surface area contributed by atoms with Gasteiger partial charge < -0.3 is 19.9 Å². The number of ether oxygens (including phenoxy) is 1. The molecule has 0 radical (unpaired) electrons. The Balaban J connectivity index is 2.66. The number of likely N-dealkylation sites (N-methyl/N-ethyl adjacent to an activating group) is 3. The summed E-state index contributed by atoms with van der Waals surface area (Å²) in [7, 11) is 8.06. The molecule has 0 aliphatic heterocycles. The van der Waals surface area contributed by atoms with Gasteiger partial charge in [0.15, 0.2) is 0 Å². The summed E-state index contributed by atoms with van der Waals surface area (Å²) in [5.41, 5.74) is -0.531. The fourth-order valence-corrected chi connectivity index (χ4v) is 2.46. The number of hydrogen-bond donors (Lipinski definition) is 1. The van der Waals surface area contributed by atoms with E-state index in [0.29, 0.717) is 19.1 Å². The Morgan fingerprint density at radius 2 is 1.95 bits per heavy atom. The molecule has 0 spiro atoms. The van der Waals surface area contributed by atoms with Crippen molar-refractivity contribution in [2.45, 2.75) is 25.3 Å². The van der Waals surface area contributed by atoms with Crippen LogP contribution in [0.4, 0.5) is 0 Å². The van der Waals surface area contributed by atoms with E-state index in [1.54, 1.807) is 0 Å². The Morgan fingerprint density at radius 3 is 2.37 bits per heavy atom. The first kappa shape index (κ1) is 16.4. The molecule has 1 aliphatic rings. The van der Waals surface area contributed by atoms with Gasteiger partial charge in [-0.1, -0.05) is 0 Å². The third-order valence-corrected chi connectivity index (χ3v) is 3.81. The highest BCUT2D eigenvalue weighted by Gasteiger charge is 2.51. The Kier molecular flexibility index (Phi) is 6.23. The Labute approximate surface area is 117 Å². The van der Waals surface area contributed by atoms with Gasteiger partial charge in [0.2, 0.25) is 0 Å². The third kappa shape index (κ3) is 4.44. The van der Waals surface area contributed by atoms with E-state index in [1.165, 1.54) is 0 Å². The summed E-state index contributed by atoms with van der Waals surface area (Å²) >= 11 is 0. The van der Waals surface area contributed by atoms with Gasteiger partial charge in [0.05, 0.1) is 6.61 Å². The highest BCUT2D eigenvalue weighted by molar-refractivity contribution is 5.82. The highest BCUT2D eigenvalue weighted by atomic mass is 16.5. The second-order valence-electron chi connectivity index (χ2n) is 5.76. The minimum absolute atomic E-state index is 0.100. The Bertz CT molecular complexity index is 292. The molecule has 112 valence electrons. The van der Waals surface area contributed by atoms with Crippen molar-refractivity contribution in [3.63, 3.8) is 0 Å². The first-order valence-corrected chi connectivity index (χ1v) is 7.15. The summed E-state index contributed by atoms with van der Waals surface area (Å²) < 4.78 is 5.29. The molecule has 0 saturated heterocycles. The quantitative estimate of drug-likeness (QED) is 0.616. The standard InChI is InChI=1S/C14H29N3O2/c1-6-19-13(18)14(15-2,12-7-8-12)11-17(5)10-9-16(3)4/h12,15H,6-11H2,1-5H3. The maximum Gasteiger partial charge on any atom is 0.327 e. The van der Waals surface area contributed by atoms with Gasteiger partial charge in [-0.3, -0.25) is 0 Å². The predicted octanol–water partition coefficient (Wildman–Crippen LogP) is 0.411. The average Bonchev–Trinajstić information content (AvgIpc) is 3.18. The van der Waals surface area contributed by atoms with E-state index in [1.807, 2.05) is 14.0 Å². The molecule has 0 aromatic rings. The van der Waals surface area contributed by atoms with Gasteiger partial charge in [-0.2, -0.15) is 0 Å². The lowest BCUT2D eigenvalue weighted by atomic mass is 9.92. The van der Waals surface area contributed by atoms with Gasteiger partial charge in [-0.25, -0.2) is 4.79 Å². The van der Waals surface area contributed by atoms with E-state index in [2.05, 4.69) is 36.3 Å². The van der Waals surface area contributed by atoms with Crippen molar-refractivity contribution < 1.29 is 9.53 Å². The zero-order valence-corrected chi connectivity index (χ0v) is 13.0. The topological polar surface area (TPSA) is 44.8 Å². The van der Waals surface area contributed by atoms with Crippen LogP contribution in [0.1, 0.15) is 19.8 Å². The van der Waals surface area contributed by atoms with Crippen LogP contribution in [0.25, 0.3) is 0 Å². The van der Waals surface area contributed by atoms with E-state index in [9.17, 15) is 4.79 Å². The van der Waals surface area contributed by atoms with Crippen molar-refractivity contribution in [2.75, 3.05) is 54.4 Å². The van der Waals surface area contributed by atoms with E-state index < -0.39 is 5.54 Å². The van der Waals surface area contributed by atoms with Gasteiger partial charge in [0.25, 0.3) is 0 Å². The van der Waals surface area contributed by atoms with Crippen LogP contribution in [0.5, 0.6) is 0 Å². The number of carbonyl (C=O) groups is 1. The SMILES string of the molecule is CCOC(=O)C(CN(C)CCN(C)C)(NC)C1CC1. The van der Waals surface area contributed by atoms with Crippen LogP contribution < -0.4 is 5.32 Å². The lowest BCUT2D eigenvalue weighted by Crippen LogP contribution is -2.60. The zero-order valence-electron chi connectivity index (χ0n) is 13.0. The number of rotatable bonds is 9. The molecule has 1 fully saturated rings. The lowest BCUT2D eigenvalue weighted by Gasteiger charge is -2.35. The largest absolute Gasteiger partial charge is 0.465 e. The molecule has 19 heavy (non-hydrogen) atoms. The fourth-order valence-electron chi connectivity index (χ4n) is 2.46. The molecule has 1 saturated carbocycles. The molecule has 0 aromatic carbocycles. The predicted molar refractivity (Wildman–Crippen MR) is 77.2 cm³/mol. The normalized spacial score (nSPS) is 18.7. The van der Waals surface area contributed by atoms with Crippen LogP contribution in [0.15, 0.2) is 0 Å². The molecule has 1 N–H and O–H groups in total. The molecular weight excluding hydrogens is 242 g/mol. The summed E-state index contributed by atoms with van der Waals surface area (Å²) in [6.45, 7) is 4.95. The van der Waals surface area contributed by atoms with E-state index in [0.717, 1.165) is 25.9 Å². The van der Waals surface area contributed by atoms with E-state index in [4.69, 9.17) is 4.74 Å². The van der Waals surface area contributed by atoms with Gasteiger partial charge >= 0.3 is 5.97 Å². The molecule has 5 heteroatoms. The molecule has 1 unspecified atom stereocenters. The number of nitrogens with one attached hydrogen (secondary N) is 1. The minimum Gasteiger partial charge on any atom is -0.465 e. The fraction of sp³-hybridized carbons (Fsp3) is 0.929. The average molecular weight is 271 g/mol. The lowest BCUT2D eigenvalue weighted by molar-refractivity contribution is -0.153. The second kappa shape index (κ2) is 7.22.